The first-order chi connectivity index (χ1) is 9.83. The molecule has 4 nitrogen and oxygen atoms in total. The lowest BCUT2D eigenvalue weighted by atomic mass is 10.1. The minimum Gasteiger partial charge on any atom is -0.336 e. The summed E-state index contributed by atoms with van der Waals surface area (Å²) in [6.07, 6.45) is 4.78. The van der Waals surface area contributed by atoms with Gasteiger partial charge < -0.3 is 10.6 Å². The van der Waals surface area contributed by atoms with E-state index in [1.165, 1.54) is 18.4 Å². The van der Waals surface area contributed by atoms with Crippen LogP contribution in [-0.2, 0) is 0 Å². The Hall–Kier alpha value is -1.55. The molecule has 2 amide bonds. The minimum atomic E-state index is -0.0207. The van der Waals surface area contributed by atoms with Gasteiger partial charge in [-0.3, -0.25) is 4.90 Å². The predicted molar refractivity (Wildman–Crippen MR) is 79.5 cm³/mol. The van der Waals surface area contributed by atoms with Gasteiger partial charge in [0.05, 0.1) is 6.04 Å². The van der Waals surface area contributed by atoms with Crippen LogP contribution in [0.5, 0.6) is 0 Å². The molecule has 1 aromatic rings. The van der Waals surface area contributed by atoms with Gasteiger partial charge in [-0.2, -0.15) is 0 Å². The summed E-state index contributed by atoms with van der Waals surface area (Å²) in [6.45, 7) is 2.94. The van der Waals surface area contributed by atoms with Crippen LogP contribution in [-0.4, -0.2) is 36.6 Å². The molecule has 2 N–H and O–H groups in total. The van der Waals surface area contributed by atoms with Gasteiger partial charge in [-0.05, 0) is 44.3 Å². The Kier molecular flexibility index (Phi) is 4.21. The van der Waals surface area contributed by atoms with Crippen molar-refractivity contribution in [3.05, 3.63) is 35.9 Å². The molecule has 1 saturated carbocycles. The third-order valence-electron chi connectivity index (χ3n) is 4.13. The molecule has 2 fully saturated rings. The second-order valence-electron chi connectivity index (χ2n) is 5.80. The van der Waals surface area contributed by atoms with Crippen LogP contribution in [0.15, 0.2) is 30.3 Å². The molecule has 4 heteroatoms. The lowest BCUT2D eigenvalue weighted by Gasteiger charge is -2.28. The van der Waals surface area contributed by atoms with Crippen LogP contribution in [0, 0.1) is 0 Å². The van der Waals surface area contributed by atoms with Gasteiger partial charge in [-0.1, -0.05) is 30.3 Å². The molecule has 0 spiro atoms. The van der Waals surface area contributed by atoms with Gasteiger partial charge in [0.2, 0.25) is 0 Å². The highest BCUT2D eigenvalue weighted by Crippen LogP contribution is 2.24. The van der Waals surface area contributed by atoms with Crippen LogP contribution in [0.2, 0.25) is 0 Å². The Morgan fingerprint density at radius 1 is 1.20 bits per heavy atom. The largest absolute Gasteiger partial charge is 0.336 e. The van der Waals surface area contributed by atoms with Crippen LogP contribution in [0.4, 0.5) is 4.79 Å². The standard InChI is InChI=1S/C16H23N3O/c20-16(18-14-8-9-14)17-12-15(19-10-4-5-11-19)13-6-2-1-3-7-13/h1-3,6-7,14-15H,4-5,8-12H2,(H2,17,18,20). The molecule has 1 aliphatic heterocycles. The van der Waals surface area contributed by atoms with Crippen molar-refractivity contribution in [1.82, 2.24) is 15.5 Å². The van der Waals surface area contributed by atoms with E-state index in [9.17, 15) is 4.79 Å². The number of amides is 2. The number of carbonyl (C=O) groups is 1. The molecule has 1 aromatic carbocycles. The average molecular weight is 273 g/mol. The molecule has 108 valence electrons. The van der Waals surface area contributed by atoms with Gasteiger partial charge in [0.25, 0.3) is 0 Å². The Balaban J connectivity index is 1.60. The summed E-state index contributed by atoms with van der Waals surface area (Å²) < 4.78 is 0. The summed E-state index contributed by atoms with van der Waals surface area (Å²) in [6, 6.07) is 11.2. The van der Waals surface area contributed by atoms with E-state index < -0.39 is 0 Å². The highest BCUT2D eigenvalue weighted by Gasteiger charge is 2.26. The molecule has 1 unspecified atom stereocenters. The van der Waals surface area contributed by atoms with Gasteiger partial charge in [0, 0.05) is 12.6 Å². The summed E-state index contributed by atoms with van der Waals surface area (Å²) in [7, 11) is 0. The Labute approximate surface area is 120 Å². The van der Waals surface area contributed by atoms with Crippen molar-refractivity contribution >= 4 is 6.03 Å². The molecular formula is C16H23N3O. The molecular weight excluding hydrogens is 250 g/mol. The van der Waals surface area contributed by atoms with Gasteiger partial charge in [0.1, 0.15) is 0 Å². The minimum absolute atomic E-state index is 0.0207. The van der Waals surface area contributed by atoms with E-state index in [0.717, 1.165) is 25.9 Å². The Morgan fingerprint density at radius 3 is 2.55 bits per heavy atom. The number of nitrogens with one attached hydrogen (secondary N) is 2. The maximum Gasteiger partial charge on any atom is 0.315 e. The molecule has 1 aliphatic carbocycles. The monoisotopic (exact) mass is 273 g/mol. The van der Waals surface area contributed by atoms with Crippen LogP contribution in [0.1, 0.15) is 37.3 Å². The molecule has 1 heterocycles. The quantitative estimate of drug-likeness (QED) is 0.864. The lowest BCUT2D eigenvalue weighted by molar-refractivity contribution is 0.220. The summed E-state index contributed by atoms with van der Waals surface area (Å²) >= 11 is 0. The second kappa shape index (κ2) is 6.27. The number of benzene rings is 1. The Morgan fingerprint density at radius 2 is 1.90 bits per heavy atom. The maximum absolute atomic E-state index is 11.8. The van der Waals surface area contributed by atoms with Crippen molar-refractivity contribution in [3.8, 4) is 0 Å². The van der Waals surface area contributed by atoms with Crippen LogP contribution < -0.4 is 10.6 Å². The normalized spacial score (nSPS) is 20.6. The summed E-state index contributed by atoms with van der Waals surface area (Å²) in [4.78, 5) is 14.3. The zero-order valence-corrected chi connectivity index (χ0v) is 11.8. The zero-order chi connectivity index (χ0) is 13.8. The third kappa shape index (κ3) is 3.51. The SMILES string of the molecule is O=C(NCC(c1ccccc1)N1CCCC1)NC1CC1. The first-order valence-corrected chi connectivity index (χ1v) is 7.66. The van der Waals surface area contributed by atoms with E-state index in [2.05, 4.69) is 39.8 Å². The highest BCUT2D eigenvalue weighted by molar-refractivity contribution is 5.74. The summed E-state index contributed by atoms with van der Waals surface area (Å²) in [5, 5.41) is 6.02. The fourth-order valence-electron chi connectivity index (χ4n) is 2.84. The van der Waals surface area contributed by atoms with E-state index >= 15 is 0 Å². The lowest BCUT2D eigenvalue weighted by Crippen LogP contribution is -2.42. The summed E-state index contributed by atoms with van der Waals surface area (Å²) in [5.41, 5.74) is 1.29. The van der Waals surface area contributed by atoms with E-state index in [-0.39, 0.29) is 6.03 Å². The van der Waals surface area contributed by atoms with Crippen LogP contribution in [0.3, 0.4) is 0 Å². The molecule has 0 bridgehead atoms. The van der Waals surface area contributed by atoms with E-state index in [1.54, 1.807) is 0 Å². The molecule has 20 heavy (non-hydrogen) atoms. The van der Waals surface area contributed by atoms with Crippen molar-refractivity contribution in [2.24, 2.45) is 0 Å². The number of carbonyl (C=O) groups excluding carboxylic acids is 1. The van der Waals surface area contributed by atoms with E-state index in [1.807, 2.05) is 6.07 Å². The summed E-state index contributed by atoms with van der Waals surface area (Å²) in [5.74, 6) is 0. The fraction of sp³-hybridized carbons (Fsp3) is 0.562. The molecule has 0 radical (unpaired) electrons. The average Bonchev–Trinajstić information content (AvgIpc) is 3.12. The topological polar surface area (TPSA) is 44.4 Å². The number of likely N-dealkylation sites (tertiary alicyclic amines) is 1. The zero-order valence-electron chi connectivity index (χ0n) is 11.8. The first-order valence-electron chi connectivity index (χ1n) is 7.66. The van der Waals surface area contributed by atoms with Crippen molar-refractivity contribution in [2.45, 2.75) is 37.8 Å². The van der Waals surface area contributed by atoms with E-state index in [4.69, 9.17) is 0 Å². The molecule has 3 rings (SSSR count). The second-order valence-corrected chi connectivity index (χ2v) is 5.80. The smallest absolute Gasteiger partial charge is 0.315 e. The van der Waals surface area contributed by atoms with Gasteiger partial charge >= 0.3 is 6.03 Å². The third-order valence-corrected chi connectivity index (χ3v) is 4.13. The predicted octanol–water partition coefficient (Wildman–Crippen LogP) is 2.29. The number of urea groups is 1. The van der Waals surface area contributed by atoms with Crippen molar-refractivity contribution < 1.29 is 4.79 Å². The number of rotatable bonds is 5. The van der Waals surface area contributed by atoms with Crippen LogP contribution in [0.25, 0.3) is 0 Å². The number of nitrogens with zero attached hydrogens (tertiary/aromatic N) is 1. The fourth-order valence-corrected chi connectivity index (χ4v) is 2.84. The molecule has 1 saturated heterocycles. The van der Waals surface area contributed by atoms with Gasteiger partial charge in [0.15, 0.2) is 0 Å². The van der Waals surface area contributed by atoms with Crippen molar-refractivity contribution in [3.63, 3.8) is 0 Å². The molecule has 1 atom stereocenters. The van der Waals surface area contributed by atoms with E-state index in [0.29, 0.717) is 18.6 Å². The van der Waals surface area contributed by atoms with Gasteiger partial charge in [-0.15, -0.1) is 0 Å². The molecule has 2 aliphatic rings. The van der Waals surface area contributed by atoms with Crippen molar-refractivity contribution in [2.75, 3.05) is 19.6 Å². The van der Waals surface area contributed by atoms with Gasteiger partial charge in [-0.25, -0.2) is 4.79 Å². The highest BCUT2D eigenvalue weighted by atomic mass is 16.2. The number of hydrogen-bond acceptors (Lipinski definition) is 2. The van der Waals surface area contributed by atoms with Crippen LogP contribution >= 0.6 is 0 Å². The van der Waals surface area contributed by atoms with Crippen molar-refractivity contribution in [1.29, 1.82) is 0 Å². The maximum atomic E-state index is 11.8. The first kappa shape index (κ1) is 13.4. The Bertz CT molecular complexity index is 438. The molecule has 0 aromatic heterocycles. The number of hydrogen-bond donors (Lipinski definition) is 2.